The Bertz CT molecular complexity index is 1810. The number of aromatic nitrogens is 3. The van der Waals surface area contributed by atoms with E-state index in [0.29, 0.717) is 53.3 Å². The van der Waals surface area contributed by atoms with E-state index in [1.54, 1.807) is 42.5 Å². The first-order chi connectivity index (χ1) is 21.1. The van der Waals surface area contributed by atoms with Crippen molar-refractivity contribution in [3.8, 4) is 17.1 Å². The van der Waals surface area contributed by atoms with Crippen LogP contribution in [0.1, 0.15) is 45.7 Å². The highest BCUT2D eigenvalue weighted by Gasteiger charge is 2.30. The molecular formula is C33H27F4N3O4. The summed E-state index contributed by atoms with van der Waals surface area (Å²) in [6.07, 6.45) is -2.28. The standard InChI is InChI=1S/C33H27F4N3O4/c34-26-15-21(16-30-38-28-13-9-22(32(41)42)17-29(28)40(30)18-24-3-2-14-43-24)8-12-25(26)27-4-1-5-31(39-27)44-19-20-6-10-23(11-7-20)33(35,36)37/h1,4-13,15,17,24H,2-3,14,16,18-19H2,(H,41,42). The number of carbonyl (C=O) groups is 1. The van der Waals surface area contributed by atoms with Crippen molar-refractivity contribution in [3.63, 3.8) is 0 Å². The van der Waals surface area contributed by atoms with Gasteiger partial charge in [-0.25, -0.2) is 19.2 Å². The van der Waals surface area contributed by atoms with Crippen molar-refractivity contribution in [1.29, 1.82) is 0 Å². The summed E-state index contributed by atoms with van der Waals surface area (Å²) < 4.78 is 67.4. The van der Waals surface area contributed by atoms with E-state index >= 15 is 4.39 Å². The van der Waals surface area contributed by atoms with Gasteiger partial charge in [-0.2, -0.15) is 13.2 Å². The molecule has 44 heavy (non-hydrogen) atoms. The van der Waals surface area contributed by atoms with Crippen LogP contribution in [0.15, 0.2) is 78.9 Å². The van der Waals surface area contributed by atoms with E-state index in [1.165, 1.54) is 24.3 Å². The van der Waals surface area contributed by atoms with Gasteiger partial charge in [0.05, 0.1) is 40.5 Å². The van der Waals surface area contributed by atoms with E-state index in [-0.39, 0.29) is 29.7 Å². The molecule has 2 aromatic heterocycles. The number of hydrogen-bond acceptors (Lipinski definition) is 5. The number of carboxylic acids is 1. The van der Waals surface area contributed by atoms with Crippen LogP contribution in [0.2, 0.25) is 0 Å². The average Bonchev–Trinajstić information content (AvgIpc) is 3.64. The van der Waals surface area contributed by atoms with Gasteiger partial charge in [0.1, 0.15) is 18.2 Å². The highest BCUT2D eigenvalue weighted by atomic mass is 19.4. The molecule has 1 saturated heterocycles. The summed E-state index contributed by atoms with van der Waals surface area (Å²) in [7, 11) is 0. The maximum Gasteiger partial charge on any atom is 0.416 e. The van der Waals surface area contributed by atoms with E-state index in [9.17, 15) is 23.1 Å². The topological polar surface area (TPSA) is 86.5 Å². The van der Waals surface area contributed by atoms with Gasteiger partial charge in [0.15, 0.2) is 0 Å². The van der Waals surface area contributed by atoms with E-state index in [4.69, 9.17) is 14.5 Å². The summed E-state index contributed by atoms with van der Waals surface area (Å²) in [5, 5.41) is 9.50. The molecule has 11 heteroatoms. The van der Waals surface area contributed by atoms with Crippen molar-refractivity contribution in [2.75, 3.05) is 6.61 Å². The quantitative estimate of drug-likeness (QED) is 0.178. The minimum Gasteiger partial charge on any atom is -0.478 e. The zero-order chi connectivity index (χ0) is 30.8. The lowest BCUT2D eigenvalue weighted by molar-refractivity contribution is -0.137. The normalized spacial score (nSPS) is 15.1. The maximum atomic E-state index is 15.4. The number of benzene rings is 3. The number of fused-ring (bicyclic) bond motifs is 1. The molecule has 0 radical (unpaired) electrons. The molecule has 1 fully saturated rings. The van der Waals surface area contributed by atoms with Crippen LogP contribution in [-0.2, 0) is 30.5 Å². The molecule has 0 aliphatic carbocycles. The Labute approximate surface area is 249 Å². The van der Waals surface area contributed by atoms with Crippen LogP contribution in [0.4, 0.5) is 17.6 Å². The summed E-state index contributed by atoms with van der Waals surface area (Å²) in [6, 6.07) is 19.2. The second-order valence-electron chi connectivity index (χ2n) is 10.6. The number of halogens is 4. The van der Waals surface area contributed by atoms with E-state index in [0.717, 1.165) is 25.0 Å². The van der Waals surface area contributed by atoms with E-state index in [2.05, 4.69) is 4.98 Å². The Hall–Kier alpha value is -4.77. The monoisotopic (exact) mass is 605 g/mol. The summed E-state index contributed by atoms with van der Waals surface area (Å²) in [4.78, 5) is 20.7. The van der Waals surface area contributed by atoms with Crippen molar-refractivity contribution in [3.05, 3.63) is 113 Å². The van der Waals surface area contributed by atoms with Crippen molar-refractivity contribution in [1.82, 2.24) is 14.5 Å². The van der Waals surface area contributed by atoms with Crippen LogP contribution < -0.4 is 4.74 Å². The van der Waals surface area contributed by atoms with E-state index in [1.807, 2.05) is 4.57 Å². The zero-order valence-electron chi connectivity index (χ0n) is 23.4. The van der Waals surface area contributed by atoms with Gasteiger partial charge in [0.25, 0.3) is 0 Å². The largest absolute Gasteiger partial charge is 0.478 e. The Morgan fingerprint density at radius 2 is 1.80 bits per heavy atom. The molecule has 1 N–H and O–H groups in total. The van der Waals surface area contributed by atoms with Crippen LogP contribution in [0.5, 0.6) is 5.88 Å². The minimum atomic E-state index is -4.42. The second-order valence-corrected chi connectivity index (χ2v) is 10.6. The van der Waals surface area contributed by atoms with E-state index < -0.39 is 23.5 Å². The van der Waals surface area contributed by atoms with Crippen molar-refractivity contribution in [2.45, 2.75) is 44.7 Å². The number of ether oxygens (including phenoxy) is 2. The van der Waals surface area contributed by atoms with Gasteiger partial charge in [-0.15, -0.1) is 0 Å². The number of imidazole rings is 1. The molecule has 0 bridgehead atoms. The third kappa shape index (κ3) is 6.42. The number of pyridine rings is 1. The lowest BCUT2D eigenvalue weighted by Crippen LogP contribution is -2.17. The molecule has 0 amide bonds. The van der Waals surface area contributed by atoms with Crippen molar-refractivity contribution < 1.29 is 36.9 Å². The minimum absolute atomic E-state index is 0.00311. The smallest absolute Gasteiger partial charge is 0.416 e. The molecular weight excluding hydrogens is 578 g/mol. The van der Waals surface area contributed by atoms with Gasteiger partial charge in [0.2, 0.25) is 5.88 Å². The first kappa shape index (κ1) is 29.3. The SMILES string of the molecule is O=C(O)c1ccc2nc(Cc3ccc(-c4cccc(OCc5ccc(C(F)(F)F)cc5)n4)c(F)c3)n(CC3CCCO3)c2c1. The van der Waals surface area contributed by atoms with Crippen LogP contribution >= 0.6 is 0 Å². The number of carboxylic acid groups (broad SMARTS) is 1. The number of nitrogens with zero attached hydrogens (tertiary/aromatic N) is 3. The maximum absolute atomic E-state index is 15.4. The third-order valence-corrected chi connectivity index (χ3v) is 7.55. The Balaban J connectivity index is 1.21. The number of rotatable bonds is 9. The van der Waals surface area contributed by atoms with Gasteiger partial charge < -0.3 is 19.1 Å². The first-order valence-corrected chi connectivity index (χ1v) is 14.0. The Morgan fingerprint density at radius 3 is 2.50 bits per heavy atom. The highest BCUT2D eigenvalue weighted by molar-refractivity contribution is 5.92. The zero-order valence-corrected chi connectivity index (χ0v) is 23.4. The predicted octanol–water partition coefficient (Wildman–Crippen LogP) is 7.30. The van der Waals surface area contributed by atoms with Crippen LogP contribution in [0.3, 0.4) is 0 Å². The molecule has 1 aliphatic heterocycles. The molecule has 226 valence electrons. The van der Waals surface area contributed by atoms with Gasteiger partial charge in [-0.05, 0) is 72.5 Å². The second kappa shape index (κ2) is 12.1. The van der Waals surface area contributed by atoms with Gasteiger partial charge >= 0.3 is 12.1 Å². The molecule has 0 spiro atoms. The van der Waals surface area contributed by atoms with Crippen LogP contribution in [0.25, 0.3) is 22.3 Å². The summed E-state index contributed by atoms with van der Waals surface area (Å²) in [6.45, 7) is 1.19. The molecule has 6 rings (SSSR count). The molecule has 0 saturated carbocycles. The summed E-state index contributed by atoms with van der Waals surface area (Å²) in [5.74, 6) is -0.653. The van der Waals surface area contributed by atoms with Gasteiger partial charge in [0, 0.05) is 24.7 Å². The van der Waals surface area contributed by atoms with Crippen LogP contribution in [-0.4, -0.2) is 38.3 Å². The number of aromatic carboxylic acids is 1. The summed E-state index contributed by atoms with van der Waals surface area (Å²) >= 11 is 0. The lowest BCUT2D eigenvalue weighted by Gasteiger charge is -2.15. The van der Waals surface area contributed by atoms with Gasteiger partial charge in [-0.3, -0.25) is 0 Å². The molecule has 3 heterocycles. The number of alkyl halides is 3. The molecule has 1 aliphatic rings. The predicted molar refractivity (Wildman–Crippen MR) is 154 cm³/mol. The lowest BCUT2D eigenvalue weighted by atomic mass is 10.1. The fourth-order valence-corrected chi connectivity index (χ4v) is 5.29. The van der Waals surface area contributed by atoms with Crippen LogP contribution in [0, 0.1) is 5.82 Å². The molecule has 7 nitrogen and oxygen atoms in total. The molecule has 1 unspecified atom stereocenters. The number of hydrogen-bond donors (Lipinski definition) is 1. The Kier molecular flexibility index (Phi) is 8.05. The summed E-state index contributed by atoms with van der Waals surface area (Å²) in [5.41, 5.74) is 2.55. The fraction of sp³-hybridized carbons (Fsp3) is 0.242. The molecule has 1 atom stereocenters. The fourth-order valence-electron chi connectivity index (χ4n) is 5.29. The average molecular weight is 606 g/mol. The first-order valence-electron chi connectivity index (χ1n) is 14.0. The van der Waals surface area contributed by atoms with Crippen molar-refractivity contribution in [2.24, 2.45) is 0 Å². The third-order valence-electron chi connectivity index (χ3n) is 7.55. The highest BCUT2D eigenvalue weighted by Crippen LogP contribution is 2.30. The molecule has 5 aromatic rings. The molecule has 3 aromatic carbocycles. The van der Waals surface area contributed by atoms with Gasteiger partial charge in [-0.1, -0.05) is 24.3 Å². The van der Waals surface area contributed by atoms with Crippen molar-refractivity contribution >= 4 is 17.0 Å². The Morgan fingerprint density at radius 1 is 1.00 bits per heavy atom.